The van der Waals surface area contributed by atoms with Crippen molar-refractivity contribution in [1.29, 1.82) is 0 Å². The van der Waals surface area contributed by atoms with Gasteiger partial charge in [0.1, 0.15) is 5.82 Å². The van der Waals surface area contributed by atoms with Crippen LogP contribution in [0.5, 0.6) is 0 Å². The Morgan fingerprint density at radius 2 is 1.70 bits per heavy atom. The number of anilines is 1. The fourth-order valence-electron chi connectivity index (χ4n) is 1.83. The number of rotatable bonds is 5. The standard InChI is InChI=1S/C15H17Cl2N3/c1-3-5-18-14-9-13(4-2)19-15(20-14)10-6-11(16)8-12(17)7-10/h6-9H,3-5H2,1-2H3,(H,18,19,20). The van der Waals surface area contributed by atoms with E-state index >= 15 is 0 Å². The van der Waals surface area contributed by atoms with E-state index in [4.69, 9.17) is 23.2 Å². The molecule has 5 heteroatoms. The minimum atomic E-state index is 0.584. The van der Waals surface area contributed by atoms with Crippen molar-refractivity contribution in [3.63, 3.8) is 0 Å². The molecule has 20 heavy (non-hydrogen) atoms. The maximum atomic E-state index is 6.04. The van der Waals surface area contributed by atoms with E-state index in [0.717, 1.165) is 36.5 Å². The quantitative estimate of drug-likeness (QED) is 0.859. The molecule has 0 radical (unpaired) electrons. The largest absolute Gasteiger partial charge is 0.370 e. The summed E-state index contributed by atoms with van der Waals surface area (Å²) in [5.41, 5.74) is 1.82. The van der Waals surface area contributed by atoms with Crippen molar-refractivity contribution in [2.75, 3.05) is 11.9 Å². The second-order valence-corrected chi connectivity index (χ2v) is 5.38. The third-order valence-electron chi connectivity index (χ3n) is 2.82. The molecular weight excluding hydrogens is 293 g/mol. The number of nitrogens with zero attached hydrogens (tertiary/aromatic N) is 2. The van der Waals surface area contributed by atoms with Gasteiger partial charge in [0.05, 0.1) is 0 Å². The van der Waals surface area contributed by atoms with Gasteiger partial charge in [-0.15, -0.1) is 0 Å². The Kier molecular flexibility index (Phi) is 5.21. The normalized spacial score (nSPS) is 10.6. The molecule has 0 saturated carbocycles. The first-order valence-electron chi connectivity index (χ1n) is 6.70. The van der Waals surface area contributed by atoms with Crippen molar-refractivity contribution in [3.8, 4) is 11.4 Å². The highest BCUT2D eigenvalue weighted by Gasteiger charge is 2.08. The molecule has 2 rings (SSSR count). The van der Waals surface area contributed by atoms with Crippen LogP contribution in [0.2, 0.25) is 10.0 Å². The van der Waals surface area contributed by atoms with Crippen molar-refractivity contribution >= 4 is 29.0 Å². The Labute approximate surface area is 129 Å². The average molecular weight is 310 g/mol. The molecule has 1 heterocycles. The number of benzene rings is 1. The Morgan fingerprint density at radius 3 is 2.30 bits per heavy atom. The predicted octanol–water partition coefficient (Wildman–Crippen LogP) is 4.83. The molecule has 0 unspecified atom stereocenters. The Bertz CT molecular complexity index is 579. The molecular formula is C15H17Cl2N3. The number of halogens is 2. The van der Waals surface area contributed by atoms with Crippen LogP contribution in [0.15, 0.2) is 24.3 Å². The van der Waals surface area contributed by atoms with Crippen LogP contribution in [0.4, 0.5) is 5.82 Å². The van der Waals surface area contributed by atoms with Crippen LogP contribution in [-0.4, -0.2) is 16.5 Å². The Hall–Kier alpha value is -1.32. The van der Waals surface area contributed by atoms with Gasteiger partial charge in [0.2, 0.25) is 0 Å². The van der Waals surface area contributed by atoms with Crippen molar-refractivity contribution in [2.45, 2.75) is 26.7 Å². The first-order valence-corrected chi connectivity index (χ1v) is 7.46. The van der Waals surface area contributed by atoms with Gasteiger partial charge in [-0.2, -0.15) is 0 Å². The predicted molar refractivity (Wildman–Crippen MR) is 85.6 cm³/mol. The molecule has 0 fully saturated rings. The fourth-order valence-corrected chi connectivity index (χ4v) is 2.36. The second kappa shape index (κ2) is 6.91. The number of nitrogens with one attached hydrogen (secondary N) is 1. The Morgan fingerprint density at radius 1 is 1.00 bits per heavy atom. The van der Waals surface area contributed by atoms with E-state index in [1.54, 1.807) is 6.07 Å². The van der Waals surface area contributed by atoms with Crippen LogP contribution < -0.4 is 5.32 Å². The molecule has 1 aromatic carbocycles. The lowest BCUT2D eigenvalue weighted by molar-refractivity contribution is 0.951. The lowest BCUT2D eigenvalue weighted by Crippen LogP contribution is -2.05. The third-order valence-corrected chi connectivity index (χ3v) is 3.25. The van der Waals surface area contributed by atoms with Crippen molar-refractivity contribution in [3.05, 3.63) is 40.0 Å². The molecule has 0 aliphatic rings. The molecule has 0 amide bonds. The number of aryl methyl sites for hydroxylation is 1. The van der Waals surface area contributed by atoms with Crippen LogP contribution in [0.3, 0.4) is 0 Å². The smallest absolute Gasteiger partial charge is 0.161 e. The van der Waals surface area contributed by atoms with Crippen LogP contribution in [0.25, 0.3) is 11.4 Å². The minimum absolute atomic E-state index is 0.584. The second-order valence-electron chi connectivity index (χ2n) is 4.51. The van der Waals surface area contributed by atoms with Crippen molar-refractivity contribution in [1.82, 2.24) is 9.97 Å². The molecule has 1 N–H and O–H groups in total. The summed E-state index contributed by atoms with van der Waals surface area (Å²) in [5.74, 6) is 1.48. The molecule has 0 atom stereocenters. The Balaban J connectivity index is 2.43. The first-order chi connectivity index (χ1) is 9.62. The SMILES string of the molecule is CCCNc1cc(CC)nc(-c2cc(Cl)cc(Cl)c2)n1. The maximum Gasteiger partial charge on any atom is 0.161 e. The summed E-state index contributed by atoms with van der Waals surface area (Å²) in [7, 11) is 0. The summed E-state index contributed by atoms with van der Waals surface area (Å²) in [5, 5.41) is 4.46. The molecule has 0 bridgehead atoms. The molecule has 1 aromatic heterocycles. The number of hydrogen-bond acceptors (Lipinski definition) is 3. The third kappa shape index (κ3) is 3.84. The highest BCUT2D eigenvalue weighted by molar-refractivity contribution is 6.35. The van der Waals surface area contributed by atoms with Gasteiger partial charge in [0.15, 0.2) is 5.82 Å². The molecule has 0 aliphatic carbocycles. The van der Waals surface area contributed by atoms with Crippen LogP contribution >= 0.6 is 23.2 Å². The summed E-state index contributed by atoms with van der Waals surface area (Å²) in [6.45, 7) is 5.07. The zero-order valence-electron chi connectivity index (χ0n) is 11.6. The van der Waals surface area contributed by atoms with Gasteiger partial charge in [0.25, 0.3) is 0 Å². The van der Waals surface area contributed by atoms with E-state index in [2.05, 4.69) is 29.1 Å². The first kappa shape index (κ1) is 15.1. The van der Waals surface area contributed by atoms with E-state index in [1.807, 2.05) is 18.2 Å². The van der Waals surface area contributed by atoms with E-state index in [9.17, 15) is 0 Å². The van der Waals surface area contributed by atoms with Gasteiger partial charge >= 0.3 is 0 Å². The molecule has 0 spiro atoms. The van der Waals surface area contributed by atoms with Crippen LogP contribution in [0.1, 0.15) is 26.0 Å². The molecule has 106 valence electrons. The fraction of sp³-hybridized carbons (Fsp3) is 0.333. The summed E-state index contributed by atoms with van der Waals surface area (Å²) >= 11 is 12.1. The van der Waals surface area contributed by atoms with E-state index in [0.29, 0.717) is 15.9 Å². The van der Waals surface area contributed by atoms with Crippen molar-refractivity contribution in [2.24, 2.45) is 0 Å². The highest BCUT2D eigenvalue weighted by atomic mass is 35.5. The van der Waals surface area contributed by atoms with Gasteiger partial charge in [-0.3, -0.25) is 0 Å². The lowest BCUT2D eigenvalue weighted by Gasteiger charge is -2.09. The zero-order valence-corrected chi connectivity index (χ0v) is 13.1. The number of hydrogen-bond donors (Lipinski definition) is 1. The molecule has 0 saturated heterocycles. The van der Waals surface area contributed by atoms with E-state index < -0.39 is 0 Å². The summed E-state index contributed by atoms with van der Waals surface area (Å²) in [6, 6.07) is 7.33. The molecule has 3 nitrogen and oxygen atoms in total. The summed E-state index contributed by atoms with van der Waals surface area (Å²) in [4.78, 5) is 9.08. The zero-order chi connectivity index (χ0) is 14.5. The molecule has 0 aliphatic heterocycles. The van der Waals surface area contributed by atoms with Crippen LogP contribution in [-0.2, 0) is 6.42 Å². The minimum Gasteiger partial charge on any atom is -0.370 e. The van der Waals surface area contributed by atoms with Gasteiger partial charge in [0, 0.05) is 33.9 Å². The van der Waals surface area contributed by atoms with Gasteiger partial charge in [-0.1, -0.05) is 37.0 Å². The average Bonchev–Trinajstić information content (AvgIpc) is 2.43. The van der Waals surface area contributed by atoms with Crippen molar-refractivity contribution < 1.29 is 0 Å². The highest BCUT2D eigenvalue weighted by Crippen LogP contribution is 2.26. The topological polar surface area (TPSA) is 37.8 Å². The lowest BCUT2D eigenvalue weighted by atomic mass is 10.2. The maximum absolute atomic E-state index is 6.04. The van der Waals surface area contributed by atoms with Gasteiger partial charge in [-0.25, -0.2) is 9.97 Å². The molecule has 2 aromatic rings. The van der Waals surface area contributed by atoms with Crippen LogP contribution in [0, 0.1) is 0 Å². The van der Waals surface area contributed by atoms with Gasteiger partial charge in [-0.05, 0) is 31.0 Å². The van der Waals surface area contributed by atoms with Gasteiger partial charge < -0.3 is 5.32 Å². The number of aromatic nitrogens is 2. The van der Waals surface area contributed by atoms with E-state index in [1.165, 1.54) is 0 Å². The van der Waals surface area contributed by atoms with E-state index in [-0.39, 0.29) is 0 Å². The monoisotopic (exact) mass is 309 g/mol. The summed E-state index contributed by atoms with van der Waals surface area (Å²) < 4.78 is 0. The summed E-state index contributed by atoms with van der Waals surface area (Å²) in [6.07, 6.45) is 1.90.